The van der Waals surface area contributed by atoms with E-state index in [1.54, 1.807) is 19.9 Å². The molecule has 0 spiro atoms. The van der Waals surface area contributed by atoms with Crippen molar-refractivity contribution in [2.45, 2.75) is 39.3 Å². The van der Waals surface area contributed by atoms with Crippen molar-refractivity contribution >= 4 is 5.91 Å². The van der Waals surface area contributed by atoms with Gasteiger partial charge in [0.25, 0.3) is 5.91 Å². The molecular weight excluding hydrogens is 219 g/mol. The van der Waals surface area contributed by atoms with Gasteiger partial charge in [-0.05, 0) is 45.4 Å². The Hall–Kier alpha value is -1.42. The van der Waals surface area contributed by atoms with Crippen LogP contribution in [0.4, 0.5) is 4.39 Å². The van der Waals surface area contributed by atoms with Crippen molar-refractivity contribution in [1.82, 2.24) is 5.32 Å². The predicted molar refractivity (Wildman–Crippen MR) is 66.3 cm³/mol. The first-order valence-corrected chi connectivity index (χ1v) is 5.58. The molecule has 0 aliphatic heterocycles. The van der Waals surface area contributed by atoms with Crippen LogP contribution in [0, 0.1) is 12.7 Å². The number of amides is 1. The summed E-state index contributed by atoms with van der Waals surface area (Å²) in [5.41, 5.74) is 6.00. The minimum absolute atomic E-state index is 0.0457. The largest absolute Gasteiger partial charge is 0.346 e. The van der Waals surface area contributed by atoms with Crippen LogP contribution in [0.15, 0.2) is 18.2 Å². The molecule has 1 amide bonds. The summed E-state index contributed by atoms with van der Waals surface area (Å²) >= 11 is 0. The summed E-state index contributed by atoms with van der Waals surface area (Å²) in [5, 5.41) is 2.73. The van der Waals surface area contributed by atoms with Gasteiger partial charge in [0, 0.05) is 11.6 Å². The zero-order valence-corrected chi connectivity index (χ0v) is 10.7. The molecule has 0 bridgehead atoms. The van der Waals surface area contributed by atoms with Crippen LogP contribution in [0.1, 0.15) is 36.7 Å². The predicted octanol–water partition coefficient (Wildman–Crippen LogP) is 1.99. The molecule has 0 saturated heterocycles. The average molecular weight is 238 g/mol. The zero-order valence-electron chi connectivity index (χ0n) is 10.7. The third-order valence-corrected chi connectivity index (χ3v) is 2.94. The number of benzene rings is 1. The molecule has 0 heterocycles. The highest BCUT2D eigenvalue weighted by atomic mass is 19.1. The second-order valence-corrected chi connectivity index (χ2v) is 4.95. The summed E-state index contributed by atoms with van der Waals surface area (Å²) in [6.07, 6.45) is 0. The van der Waals surface area contributed by atoms with Crippen molar-refractivity contribution in [2.24, 2.45) is 5.73 Å². The van der Waals surface area contributed by atoms with Gasteiger partial charge in [0.05, 0.1) is 5.56 Å². The van der Waals surface area contributed by atoms with Crippen LogP contribution in [0.25, 0.3) is 0 Å². The molecule has 0 aliphatic carbocycles. The quantitative estimate of drug-likeness (QED) is 0.846. The van der Waals surface area contributed by atoms with Gasteiger partial charge in [-0.3, -0.25) is 4.79 Å². The molecule has 3 nitrogen and oxygen atoms in total. The molecule has 0 aliphatic rings. The van der Waals surface area contributed by atoms with Gasteiger partial charge < -0.3 is 11.1 Å². The number of hydrogen-bond donors (Lipinski definition) is 2. The van der Waals surface area contributed by atoms with Gasteiger partial charge in [0.15, 0.2) is 0 Å². The molecule has 94 valence electrons. The molecule has 1 aromatic carbocycles. The van der Waals surface area contributed by atoms with Crippen LogP contribution in [-0.4, -0.2) is 17.5 Å². The molecule has 1 unspecified atom stereocenters. The lowest BCUT2D eigenvalue weighted by molar-refractivity contribution is 0.0899. The van der Waals surface area contributed by atoms with Gasteiger partial charge in [0.2, 0.25) is 0 Å². The number of carbonyl (C=O) groups is 1. The second kappa shape index (κ2) is 4.84. The standard InChI is InChI=1S/C13H19FN2O/c1-8-5-6-10(11(14)7-8)12(17)16-13(3,4)9(2)15/h5-7,9H,15H2,1-4H3,(H,16,17). The second-order valence-electron chi connectivity index (χ2n) is 4.95. The topological polar surface area (TPSA) is 55.1 Å². The Morgan fingerprint density at radius 2 is 2.06 bits per heavy atom. The molecule has 0 aromatic heterocycles. The highest BCUT2D eigenvalue weighted by Gasteiger charge is 2.26. The smallest absolute Gasteiger partial charge is 0.254 e. The summed E-state index contributed by atoms with van der Waals surface area (Å²) in [6.45, 7) is 7.19. The Labute approximate surface area is 101 Å². The van der Waals surface area contributed by atoms with Gasteiger partial charge in [0.1, 0.15) is 5.82 Å². The summed E-state index contributed by atoms with van der Waals surface area (Å²) in [4.78, 5) is 11.9. The van der Waals surface area contributed by atoms with Crippen LogP contribution >= 0.6 is 0 Å². The van der Waals surface area contributed by atoms with Crippen molar-refractivity contribution < 1.29 is 9.18 Å². The Morgan fingerprint density at radius 3 is 2.53 bits per heavy atom. The van der Waals surface area contributed by atoms with Crippen LogP contribution in [0.2, 0.25) is 0 Å². The fourth-order valence-corrected chi connectivity index (χ4v) is 1.28. The Kier molecular flexibility index (Phi) is 3.88. The third kappa shape index (κ3) is 3.27. The van der Waals surface area contributed by atoms with Gasteiger partial charge >= 0.3 is 0 Å². The van der Waals surface area contributed by atoms with E-state index < -0.39 is 17.3 Å². The molecule has 4 heteroatoms. The number of aryl methyl sites for hydroxylation is 1. The van der Waals surface area contributed by atoms with E-state index in [4.69, 9.17) is 5.73 Å². The Balaban J connectivity index is 2.91. The van der Waals surface area contributed by atoms with E-state index in [0.29, 0.717) is 0 Å². The normalized spacial score (nSPS) is 13.3. The van der Waals surface area contributed by atoms with E-state index in [0.717, 1.165) is 5.56 Å². The van der Waals surface area contributed by atoms with Crippen molar-refractivity contribution in [2.75, 3.05) is 0 Å². The summed E-state index contributed by atoms with van der Waals surface area (Å²) < 4.78 is 13.6. The van der Waals surface area contributed by atoms with Crippen molar-refractivity contribution in [1.29, 1.82) is 0 Å². The summed E-state index contributed by atoms with van der Waals surface area (Å²) in [7, 11) is 0. The molecule has 1 atom stereocenters. The summed E-state index contributed by atoms with van der Waals surface area (Å²) in [6, 6.07) is 4.31. The van der Waals surface area contributed by atoms with E-state index in [9.17, 15) is 9.18 Å². The Bertz CT molecular complexity index is 427. The molecule has 3 N–H and O–H groups in total. The van der Waals surface area contributed by atoms with E-state index in [2.05, 4.69) is 5.32 Å². The third-order valence-electron chi connectivity index (χ3n) is 2.94. The molecule has 0 saturated carbocycles. The molecule has 0 fully saturated rings. The number of carbonyl (C=O) groups excluding carboxylic acids is 1. The molecule has 17 heavy (non-hydrogen) atoms. The molecule has 1 aromatic rings. The van der Waals surface area contributed by atoms with E-state index in [1.165, 1.54) is 12.1 Å². The fourth-order valence-electron chi connectivity index (χ4n) is 1.28. The highest BCUT2D eigenvalue weighted by Crippen LogP contribution is 2.13. The number of rotatable bonds is 3. The van der Waals surface area contributed by atoms with E-state index in [-0.39, 0.29) is 11.6 Å². The van der Waals surface area contributed by atoms with E-state index in [1.807, 2.05) is 13.8 Å². The monoisotopic (exact) mass is 238 g/mol. The first-order chi connectivity index (χ1) is 7.74. The summed E-state index contributed by atoms with van der Waals surface area (Å²) in [5.74, 6) is -0.951. The molecule has 0 radical (unpaired) electrons. The first kappa shape index (κ1) is 13.6. The number of hydrogen-bond acceptors (Lipinski definition) is 2. The van der Waals surface area contributed by atoms with Gasteiger partial charge in [-0.1, -0.05) is 6.07 Å². The molecule has 1 rings (SSSR count). The van der Waals surface area contributed by atoms with Crippen LogP contribution in [0.3, 0.4) is 0 Å². The van der Waals surface area contributed by atoms with Crippen LogP contribution in [0.5, 0.6) is 0 Å². The lowest BCUT2D eigenvalue weighted by Gasteiger charge is -2.30. The van der Waals surface area contributed by atoms with Gasteiger partial charge in [-0.25, -0.2) is 4.39 Å². The van der Waals surface area contributed by atoms with E-state index >= 15 is 0 Å². The van der Waals surface area contributed by atoms with Crippen molar-refractivity contribution in [3.8, 4) is 0 Å². The highest BCUT2D eigenvalue weighted by molar-refractivity contribution is 5.95. The number of nitrogens with one attached hydrogen (secondary N) is 1. The van der Waals surface area contributed by atoms with Gasteiger partial charge in [-0.2, -0.15) is 0 Å². The van der Waals surface area contributed by atoms with Crippen LogP contribution < -0.4 is 11.1 Å². The fraction of sp³-hybridized carbons (Fsp3) is 0.462. The lowest BCUT2D eigenvalue weighted by Crippen LogP contribution is -2.54. The van der Waals surface area contributed by atoms with Gasteiger partial charge in [-0.15, -0.1) is 0 Å². The minimum Gasteiger partial charge on any atom is -0.346 e. The maximum Gasteiger partial charge on any atom is 0.254 e. The SMILES string of the molecule is Cc1ccc(C(=O)NC(C)(C)C(C)N)c(F)c1. The van der Waals surface area contributed by atoms with Crippen molar-refractivity contribution in [3.05, 3.63) is 35.1 Å². The average Bonchev–Trinajstić information content (AvgIpc) is 2.15. The maximum atomic E-state index is 13.6. The van der Waals surface area contributed by atoms with Crippen LogP contribution in [-0.2, 0) is 0 Å². The zero-order chi connectivity index (χ0) is 13.2. The minimum atomic E-state index is -0.575. The lowest BCUT2D eigenvalue weighted by atomic mass is 9.96. The number of nitrogens with two attached hydrogens (primary N) is 1. The Morgan fingerprint density at radius 1 is 1.47 bits per heavy atom. The molecular formula is C13H19FN2O. The number of halogens is 1. The first-order valence-electron chi connectivity index (χ1n) is 5.58. The maximum absolute atomic E-state index is 13.6. The van der Waals surface area contributed by atoms with Crippen molar-refractivity contribution in [3.63, 3.8) is 0 Å².